The van der Waals surface area contributed by atoms with Crippen LogP contribution < -0.4 is 22.1 Å². The third-order valence-electron chi connectivity index (χ3n) is 3.74. The summed E-state index contributed by atoms with van der Waals surface area (Å²) in [6, 6.07) is 6.46. The van der Waals surface area contributed by atoms with Crippen molar-refractivity contribution in [2.24, 2.45) is 11.5 Å². The van der Waals surface area contributed by atoms with Crippen LogP contribution >= 0.6 is 12.4 Å². The summed E-state index contributed by atoms with van der Waals surface area (Å²) in [6.45, 7) is 6.51. The summed E-state index contributed by atoms with van der Waals surface area (Å²) < 4.78 is 0. The number of hydrogen-bond acceptors (Lipinski definition) is 3. The molecular formula is C17H29ClN4O2. The fraction of sp³-hybridized carbons (Fsp3) is 0.529. The van der Waals surface area contributed by atoms with Crippen molar-refractivity contribution >= 4 is 24.3 Å². The Balaban J connectivity index is 0.00000529. The van der Waals surface area contributed by atoms with E-state index in [-0.39, 0.29) is 24.4 Å². The van der Waals surface area contributed by atoms with E-state index in [1.807, 2.05) is 19.1 Å². The van der Waals surface area contributed by atoms with Crippen LogP contribution in [0.25, 0.3) is 0 Å². The van der Waals surface area contributed by atoms with Crippen molar-refractivity contribution in [1.82, 2.24) is 10.6 Å². The van der Waals surface area contributed by atoms with Gasteiger partial charge in [0.15, 0.2) is 0 Å². The van der Waals surface area contributed by atoms with E-state index < -0.39 is 12.1 Å². The average Bonchev–Trinajstić information content (AvgIpc) is 2.51. The van der Waals surface area contributed by atoms with Gasteiger partial charge in [0.05, 0.1) is 0 Å². The second-order valence-electron chi connectivity index (χ2n) is 6.02. The number of halogens is 1. The number of rotatable bonds is 8. The van der Waals surface area contributed by atoms with Crippen LogP contribution in [0.5, 0.6) is 0 Å². The van der Waals surface area contributed by atoms with Gasteiger partial charge in [0.1, 0.15) is 6.04 Å². The highest BCUT2D eigenvalue weighted by molar-refractivity contribution is 5.86. The Kier molecular flexibility index (Phi) is 10.1. The lowest BCUT2D eigenvalue weighted by Gasteiger charge is -2.19. The van der Waals surface area contributed by atoms with Crippen molar-refractivity contribution in [2.45, 2.75) is 51.6 Å². The molecule has 24 heavy (non-hydrogen) atoms. The van der Waals surface area contributed by atoms with Gasteiger partial charge in [-0.3, -0.25) is 4.79 Å². The Morgan fingerprint density at radius 1 is 1.12 bits per heavy atom. The van der Waals surface area contributed by atoms with E-state index in [0.29, 0.717) is 18.9 Å². The summed E-state index contributed by atoms with van der Waals surface area (Å²) in [5.74, 6) is 0.203. The molecule has 0 fully saturated rings. The Bertz CT molecular complexity index is 520. The molecular weight excluding hydrogens is 328 g/mol. The van der Waals surface area contributed by atoms with E-state index >= 15 is 0 Å². The summed E-state index contributed by atoms with van der Waals surface area (Å²) in [4.78, 5) is 23.1. The molecule has 1 aromatic carbocycles. The number of carbonyl (C=O) groups is 2. The zero-order valence-electron chi connectivity index (χ0n) is 14.5. The van der Waals surface area contributed by atoms with Crippen molar-refractivity contribution in [2.75, 3.05) is 6.54 Å². The molecule has 0 radical (unpaired) electrons. The number of hydrogen-bond donors (Lipinski definition) is 4. The van der Waals surface area contributed by atoms with E-state index in [1.54, 1.807) is 0 Å². The molecule has 0 saturated carbocycles. The van der Waals surface area contributed by atoms with Gasteiger partial charge in [0.25, 0.3) is 0 Å². The van der Waals surface area contributed by atoms with Crippen LogP contribution in [0.3, 0.4) is 0 Å². The summed E-state index contributed by atoms with van der Waals surface area (Å²) in [5, 5.41) is 5.22. The van der Waals surface area contributed by atoms with Gasteiger partial charge in [-0.1, -0.05) is 51.5 Å². The lowest BCUT2D eigenvalue weighted by atomic mass is 9.99. The minimum absolute atomic E-state index is 0. The van der Waals surface area contributed by atoms with Gasteiger partial charge in [0, 0.05) is 12.6 Å². The van der Waals surface area contributed by atoms with E-state index in [2.05, 4.69) is 36.6 Å². The van der Waals surface area contributed by atoms with E-state index in [1.165, 1.54) is 5.56 Å². The van der Waals surface area contributed by atoms with Gasteiger partial charge in [-0.05, 0) is 23.5 Å². The largest absolute Gasteiger partial charge is 0.352 e. The SMILES string of the molecule is CCC[C@@H](NC(N)=O)C(=O)NCC(N)c1ccc(C(C)C)cc1.Cl. The van der Waals surface area contributed by atoms with Crippen molar-refractivity contribution < 1.29 is 9.59 Å². The highest BCUT2D eigenvalue weighted by Crippen LogP contribution is 2.17. The topological polar surface area (TPSA) is 110 Å². The molecule has 0 spiro atoms. The smallest absolute Gasteiger partial charge is 0.312 e. The normalized spacial score (nSPS) is 12.9. The summed E-state index contributed by atoms with van der Waals surface area (Å²) in [6.07, 6.45) is 1.30. The van der Waals surface area contributed by atoms with Gasteiger partial charge < -0.3 is 22.1 Å². The second-order valence-corrected chi connectivity index (χ2v) is 6.02. The number of nitrogens with two attached hydrogens (primary N) is 2. The van der Waals surface area contributed by atoms with E-state index in [4.69, 9.17) is 11.5 Å². The van der Waals surface area contributed by atoms with Crippen molar-refractivity contribution in [3.8, 4) is 0 Å². The Morgan fingerprint density at radius 2 is 1.67 bits per heavy atom. The zero-order chi connectivity index (χ0) is 17.4. The minimum Gasteiger partial charge on any atom is -0.352 e. The van der Waals surface area contributed by atoms with Gasteiger partial charge in [-0.25, -0.2) is 4.79 Å². The first-order valence-electron chi connectivity index (χ1n) is 8.04. The maximum absolute atomic E-state index is 12.1. The number of primary amides is 1. The Hall–Kier alpha value is -1.79. The third kappa shape index (κ3) is 7.19. The highest BCUT2D eigenvalue weighted by atomic mass is 35.5. The number of nitrogens with one attached hydrogen (secondary N) is 2. The van der Waals surface area contributed by atoms with Crippen molar-refractivity contribution in [3.63, 3.8) is 0 Å². The van der Waals surface area contributed by atoms with Crippen molar-refractivity contribution in [3.05, 3.63) is 35.4 Å². The van der Waals surface area contributed by atoms with E-state index in [0.717, 1.165) is 12.0 Å². The van der Waals surface area contributed by atoms with E-state index in [9.17, 15) is 9.59 Å². The van der Waals surface area contributed by atoms with Crippen molar-refractivity contribution in [1.29, 1.82) is 0 Å². The molecule has 1 rings (SSSR count). The number of benzene rings is 1. The fourth-order valence-electron chi connectivity index (χ4n) is 2.31. The monoisotopic (exact) mass is 356 g/mol. The molecule has 0 aliphatic carbocycles. The predicted octanol–water partition coefficient (Wildman–Crippen LogP) is 2.18. The van der Waals surface area contributed by atoms with Crippen LogP contribution in [-0.2, 0) is 4.79 Å². The molecule has 0 bridgehead atoms. The molecule has 0 aromatic heterocycles. The lowest BCUT2D eigenvalue weighted by molar-refractivity contribution is -0.123. The van der Waals surface area contributed by atoms with Crippen LogP contribution in [-0.4, -0.2) is 24.5 Å². The predicted molar refractivity (Wildman–Crippen MR) is 99.1 cm³/mol. The first-order chi connectivity index (χ1) is 10.8. The van der Waals surface area contributed by atoms with Gasteiger partial charge >= 0.3 is 6.03 Å². The van der Waals surface area contributed by atoms with Gasteiger partial charge in [-0.2, -0.15) is 0 Å². The lowest BCUT2D eigenvalue weighted by Crippen LogP contribution is -2.49. The molecule has 136 valence electrons. The quantitative estimate of drug-likeness (QED) is 0.573. The molecule has 0 saturated heterocycles. The molecule has 3 amide bonds. The van der Waals surface area contributed by atoms with Crippen LogP contribution in [0.2, 0.25) is 0 Å². The zero-order valence-corrected chi connectivity index (χ0v) is 15.4. The van der Waals surface area contributed by atoms with Crippen LogP contribution in [0.4, 0.5) is 4.79 Å². The molecule has 6 nitrogen and oxygen atoms in total. The summed E-state index contributed by atoms with van der Waals surface area (Å²) in [5.41, 5.74) is 13.4. The number of urea groups is 1. The third-order valence-corrected chi connectivity index (χ3v) is 3.74. The minimum atomic E-state index is -0.702. The first kappa shape index (κ1) is 22.2. The summed E-state index contributed by atoms with van der Waals surface area (Å²) in [7, 11) is 0. The average molecular weight is 357 g/mol. The molecule has 0 aliphatic rings. The standard InChI is InChI=1S/C17H28N4O2.ClH/c1-4-5-15(21-17(19)23)16(22)20-10-14(18)13-8-6-12(7-9-13)11(2)3;/h6-9,11,14-15H,4-5,10,18H2,1-3H3,(H,20,22)(H3,19,21,23);1H/t14?,15-;/m1./s1. The van der Waals surface area contributed by atoms with Crippen LogP contribution in [0.1, 0.15) is 56.7 Å². The van der Waals surface area contributed by atoms with Gasteiger partial charge in [0.2, 0.25) is 5.91 Å². The maximum Gasteiger partial charge on any atom is 0.312 e. The Morgan fingerprint density at radius 3 is 2.12 bits per heavy atom. The highest BCUT2D eigenvalue weighted by Gasteiger charge is 2.19. The van der Waals surface area contributed by atoms with Gasteiger partial charge in [-0.15, -0.1) is 12.4 Å². The first-order valence-corrected chi connectivity index (χ1v) is 8.04. The molecule has 2 atom stereocenters. The molecule has 1 unspecified atom stereocenters. The van der Waals surface area contributed by atoms with Crippen LogP contribution in [0, 0.1) is 0 Å². The molecule has 6 N–H and O–H groups in total. The van der Waals surface area contributed by atoms with Crippen LogP contribution in [0.15, 0.2) is 24.3 Å². The number of carbonyl (C=O) groups excluding carboxylic acids is 2. The summed E-state index contributed by atoms with van der Waals surface area (Å²) >= 11 is 0. The molecule has 1 aromatic rings. The fourth-order valence-corrected chi connectivity index (χ4v) is 2.31. The second kappa shape index (κ2) is 10.9. The Labute approximate surface area is 150 Å². The maximum atomic E-state index is 12.1. The molecule has 7 heteroatoms. The molecule has 0 aliphatic heterocycles. The molecule has 0 heterocycles. The number of amides is 3.